The molecule has 0 bridgehead atoms. The van der Waals surface area contributed by atoms with Gasteiger partial charge in [0.2, 0.25) is 5.91 Å². The van der Waals surface area contributed by atoms with E-state index in [4.69, 9.17) is 5.11 Å². The fourth-order valence-electron chi connectivity index (χ4n) is 2.01. The minimum Gasteiger partial charge on any atom is -0.480 e. The standard InChI is InChI=1S/C16H22FNO3/c1-10(2)14(16(20)21)18-15(19)11(3)8-9-12-6-4-5-7-13(12)17/h4-7,10-11,14H,8-9H2,1-3H3,(H,18,19)(H,20,21)/t11?,14-/m0/s1. The minimum absolute atomic E-state index is 0.190. The van der Waals surface area contributed by atoms with Gasteiger partial charge in [0.25, 0.3) is 0 Å². The summed E-state index contributed by atoms with van der Waals surface area (Å²) < 4.78 is 13.5. The van der Waals surface area contributed by atoms with Crippen molar-refractivity contribution in [3.05, 3.63) is 35.6 Å². The van der Waals surface area contributed by atoms with Crippen LogP contribution in [0.1, 0.15) is 32.8 Å². The van der Waals surface area contributed by atoms with Crippen LogP contribution >= 0.6 is 0 Å². The molecule has 1 rings (SSSR count). The van der Waals surface area contributed by atoms with Crippen LogP contribution < -0.4 is 5.32 Å². The van der Waals surface area contributed by atoms with E-state index in [1.54, 1.807) is 39.0 Å². The number of benzene rings is 1. The van der Waals surface area contributed by atoms with Crippen LogP contribution in [0.4, 0.5) is 4.39 Å². The van der Waals surface area contributed by atoms with Crippen molar-refractivity contribution in [2.24, 2.45) is 11.8 Å². The number of carbonyl (C=O) groups is 2. The van der Waals surface area contributed by atoms with Gasteiger partial charge in [0.1, 0.15) is 11.9 Å². The van der Waals surface area contributed by atoms with Crippen LogP contribution in [0.3, 0.4) is 0 Å². The molecule has 0 saturated carbocycles. The molecule has 1 aromatic carbocycles. The third kappa shape index (κ3) is 5.17. The number of hydrogen-bond donors (Lipinski definition) is 2. The van der Waals surface area contributed by atoms with E-state index >= 15 is 0 Å². The van der Waals surface area contributed by atoms with Crippen molar-refractivity contribution >= 4 is 11.9 Å². The zero-order valence-electron chi connectivity index (χ0n) is 12.6. The Balaban J connectivity index is 2.55. The molecule has 0 aromatic heterocycles. The van der Waals surface area contributed by atoms with Gasteiger partial charge in [0.15, 0.2) is 0 Å². The predicted molar refractivity (Wildman–Crippen MR) is 78.3 cm³/mol. The van der Waals surface area contributed by atoms with E-state index < -0.39 is 12.0 Å². The van der Waals surface area contributed by atoms with Crippen molar-refractivity contribution in [1.29, 1.82) is 0 Å². The summed E-state index contributed by atoms with van der Waals surface area (Å²) in [6, 6.07) is 5.55. The molecule has 0 saturated heterocycles. The first-order chi connectivity index (χ1) is 9.82. The quantitative estimate of drug-likeness (QED) is 0.812. The highest BCUT2D eigenvalue weighted by atomic mass is 19.1. The van der Waals surface area contributed by atoms with Gasteiger partial charge in [-0.3, -0.25) is 4.79 Å². The maximum atomic E-state index is 13.5. The fourth-order valence-corrected chi connectivity index (χ4v) is 2.01. The molecule has 0 radical (unpaired) electrons. The first-order valence-corrected chi connectivity index (χ1v) is 7.09. The number of aliphatic carboxylic acids is 1. The summed E-state index contributed by atoms with van der Waals surface area (Å²) in [5.74, 6) is -2.20. The largest absolute Gasteiger partial charge is 0.480 e. The Morgan fingerprint density at radius 2 is 1.86 bits per heavy atom. The smallest absolute Gasteiger partial charge is 0.326 e. The number of carboxylic acid groups (broad SMARTS) is 1. The number of amides is 1. The summed E-state index contributed by atoms with van der Waals surface area (Å²) in [6.45, 7) is 5.20. The van der Waals surface area contributed by atoms with Gasteiger partial charge in [-0.05, 0) is 30.4 Å². The van der Waals surface area contributed by atoms with E-state index in [2.05, 4.69) is 5.32 Å². The second kappa shape index (κ2) is 7.76. The Bertz CT molecular complexity index is 502. The highest BCUT2D eigenvalue weighted by Crippen LogP contribution is 2.14. The summed E-state index contributed by atoms with van der Waals surface area (Å²) >= 11 is 0. The van der Waals surface area contributed by atoms with Crippen LogP contribution in [0.5, 0.6) is 0 Å². The van der Waals surface area contributed by atoms with E-state index in [-0.39, 0.29) is 23.6 Å². The minimum atomic E-state index is -1.04. The zero-order valence-corrected chi connectivity index (χ0v) is 12.6. The number of nitrogens with one attached hydrogen (secondary N) is 1. The van der Waals surface area contributed by atoms with E-state index in [1.165, 1.54) is 6.07 Å². The van der Waals surface area contributed by atoms with Gasteiger partial charge in [-0.15, -0.1) is 0 Å². The topological polar surface area (TPSA) is 66.4 Å². The van der Waals surface area contributed by atoms with Crippen molar-refractivity contribution in [3.8, 4) is 0 Å². The predicted octanol–water partition coefficient (Wildman–Crippen LogP) is 2.62. The molecule has 0 aliphatic carbocycles. The number of aryl methyl sites for hydroxylation is 1. The lowest BCUT2D eigenvalue weighted by Gasteiger charge is -2.20. The second-order valence-corrected chi connectivity index (χ2v) is 5.60. The molecule has 1 unspecified atom stereocenters. The average Bonchev–Trinajstić information content (AvgIpc) is 2.42. The lowest BCUT2D eigenvalue weighted by Crippen LogP contribution is -2.46. The van der Waals surface area contributed by atoms with E-state index in [0.717, 1.165) is 0 Å². The second-order valence-electron chi connectivity index (χ2n) is 5.60. The Morgan fingerprint density at radius 3 is 2.38 bits per heavy atom. The molecule has 0 aliphatic heterocycles. The van der Waals surface area contributed by atoms with Crippen LogP contribution in [0.25, 0.3) is 0 Å². The van der Waals surface area contributed by atoms with E-state index in [1.807, 2.05) is 0 Å². The fraction of sp³-hybridized carbons (Fsp3) is 0.500. The van der Waals surface area contributed by atoms with Crippen molar-refractivity contribution in [3.63, 3.8) is 0 Å². The summed E-state index contributed by atoms with van der Waals surface area (Å²) in [4.78, 5) is 23.1. The van der Waals surface area contributed by atoms with Crippen molar-refractivity contribution in [2.75, 3.05) is 0 Å². The summed E-state index contributed by atoms with van der Waals surface area (Å²) in [7, 11) is 0. The number of rotatable bonds is 7. The summed E-state index contributed by atoms with van der Waals surface area (Å²) in [6.07, 6.45) is 0.915. The third-order valence-electron chi connectivity index (χ3n) is 3.48. The molecule has 0 heterocycles. The molecular formula is C16H22FNO3. The Kier molecular flexibility index (Phi) is 6.34. The maximum Gasteiger partial charge on any atom is 0.326 e. The lowest BCUT2D eigenvalue weighted by atomic mass is 9.98. The van der Waals surface area contributed by atoms with Gasteiger partial charge in [0.05, 0.1) is 0 Å². The molecule has 1 amide bonds. The highest BCUT2D eigenvalue weighted by Gasteiger charge is 2.25. The van der Waals surface area contributed by atoms with Gasteiger partial charge >= 0.3 is 5.97 Å². The van der Waals surface area contributed by atoms with Gasteiger partial charge in [-0.1, -0.05) is 39.0 Å². The molecule has 2 atom stereocenters. The summed E-state index contributed by atoms with van der Waals surface area (Å²) in [5.41, 5.74) is 0.566. The first-order valence-electron chi connectivity index (χ1n) is 7.09. The highest BCUT2D eigenvalue weighted by molar-refractivity contribution is 5.84. The van der Waals surface area contributed by atoms with E-state index in [9.17, 15) is 14.0 Å². The molecule has 0 fully saturated rings. The first kappa shape index (κ1) is 17.1. The lowest BCUT2D eigenvalue weighted by molar-refractivity contribution is -0.143. The number of halogens is 1. The molecule has 116 valence electrons. The summed E-state index contributed by atoms with van der Waals surface area (Å²) in [5, 5.41) is 11.6. The zero-order chi connectivity index (χ0) is 16.0. The van der Waals surface area contributed by atoms with Crippen LogP contribution in [-0.2, 0) is 16.0 Å². The van der Waals surface area contributed by atoms with Gasteiger partial charge < -0.3 is 10.4 Å². The van der Waals surface area contributed by atoms with Crippen molar-refractivity contribution < 1.29 is 19.1 Å². The SMILES string of the molecule is CC(CCc1ccccc1F)C(=O)N[C@H](C(=O)O)C(C)C. The molecule has 0 spiro atoms. The molecule has 2 N–H and O–H groups in total. The molecule has 21 heavy (non-hydrogen) atoms. The Morgan fingerprint density at radius 1 is 1.24 bits per heavy atom. The molecule has 0 aliphatic rings. The van der Waals surface area contributed by atoms with Gasteiger partial charge in [0, 0.05) is 5.92 Å². The Hall–Kier alpha value is -1.91. The molecule has 1 aromatic rings. The maximum absolute atomic E-state index is 13.5. The normalized spacial score (nSPS) is 13.8. The van der Waals surface area contributed by atoms with Crippen LogP contribution in [0.2, 0.25) is 0 Å². The molecule has 5 heteroatoms. The Labute approximate surface area is 124 Å². The van der Waals surface area contributed by atoms with E-state index in [0.29, 0.717) is 18.4 Å². The number of carboxylic acids is 1. The van der Waals surface area contributed by atoms with Gasteiger partial charge in [-0.25, -0.2) is 9.18 Å². The van der Waals surface area contributed by atoms with Gasteiger partial charge in [-0.2, -0.15) is 0 Å². The average molecular weight is 295 g/mol. The van der Waals surface area contributed by atoms with Crippen molar-refractivity contribution in [2.45, 2.75) is 39.7 Å². The monoisotopic (exact) mass is 295 g/mol. The van der Waals surface area contributed by atoms with Crippen LogP contribution in [-0.4, -0.2) is 23.0 Å². The molecule has 4 nitrogen and oxygen atoms in total. The number of hydrogen-bond acceptors (Lipinski definition) is 2. The van der Waals surface area contributed by atoms with Crippen LogP contribution in [0.15, 0.2) is 24.3 Å². The third-order valence-corrected chi connectivity index (χ3v) is 3.48. The number of carbonyl (C=O) groups excluding carboxylic acids is 1. The molecular weight excluding hydrogens is 273 g/mol. The van der Waals surface area contributed by atoms with Crippen LogP contribution in [0, 0.1) is 17.7 Å². The van der Waals surface area contributed by atoms with Crippen molar-refractivity contribution in [1.82, 2.24) is 5.32 Å².